The van der Waals surface area contributed by atoms with Crippen LogP contribution in [0.25, 0.3) is 11.3 Å². The highest BCUT2D eigenvalue weighted by Gasteiger charge is 2.11. The van der Waals surface area contributed by atoms with Crippen LogP contribution in [0, 0.1) is 0 Å². The topological polar surface area (TPSA) is 67.0 Å². The smallest absolute Gasteiger partial charge is 0.273 e. The normalized spacial score (nSPS) is 10.4. The van der Waals surface area contributed by atoms with Crippen molar-refractivity contribution < 1.29 is 9.53 Å². The Morgan fingerprint density at radius 3 is 2.54 bits per heavy atom. The Bertz CT molecular complexity index is 826. The predicted octanol–water partition coefficient (Wildman–Crippen LogP) is 4.49. The van der Waals surface area contributed by atoms with Crippen molar-refractivity contribution >= 4 is 27.5 Å². The van der Waals surface area contributed by atoms with Crippen molar-refractivity contribution in [2.75, 3.05) is 11.9 Å². The van der Waals surface area contributed by atoms with E-state index in [1.165, 1.54) is 0 Å². The van der Waals surface area contributed by atoms with Gasteiger partial charge in [0.2, 0.25) is 0 Å². The number of nitrogens with zero attached hydrogens (tertiary/aromatic N) is 1. The van der Waals surface area contributed by atoms with Crippen LogP contribution in [0.5, 0.6) is 5.75 Å². The molecule has 1 heterocycles. The summed E-state index contributed by atoms with van der Waals surface area (Å²) in [5.74, 6) is 0.576. The molecule has 122 valence electrons. The van der Waals surface area contributed by atoms with Crippen LogP contribution in [0.1, 0.15) is 17.4 Å². The Balaban J connectivity index is 1.72. The van der Waals surface area contributed by atoms with E-state index in [9.17, 15) is 4.79 Å². The summed E-state index contributed by atoms with van der Waals surface area (Å²) in [6, 6.07) is 16.7. The molecule has 6 heteroatoms. The summed E-state index contributed by atoms with van der Waals surface area (Å²) in [5, 5.41) is 9.80. The summed E-state index contributed by atoms with van der Waals surface area (Å²) in [6.45, 7) is 2.57. The average molecular weight is 386 g/mol. The average Bonchev–Trinajstić information content (AvgIpc) is 3.08. The van der Waals surface area contributed by atoms with Gasteiger partial charge < -0.3 is 10.1 Å². The Morgan fingerprint density at radius 1 is 1.17 bits per heavy atom. The zero-order valence-electron chi connectivity index (χ0n) is 13.0. The van der Waals surface area contributed by atoms with Gasteiger partial charge in [-0.25, -0.2) is 0 Å². The second kappa shape index (κ2) is 7.31. The fourth-order valence-corrected chi connectivity index (χ4v) is 2.47. The van der Waals surface area contributed by atoms with Crippen molar-refractivity contribution in [2.45, 2.75) is 6.92 Å². The van der Waals surface area contributed by atoms with E-state index >= 15 is 0 Å². The lowest BCUT2D eigenvalue weighted by molar-refractivity contribution is 0.102. The molecule has 0 atom stereocenters. The van der Waals surface area contributed by atoms with Crippen LogP contribution in [0.4, 0.5) is 5.69 Å². The molecule has 0 aliphatic carbocycles. The number of benzene rings is 2. The summed E-state index contributed by atoms with van der Waals surface area (Å²) in [4.78, 5) is 12.3. The molecule has 2 N–H and O–H groups in total. The van der Waals surface area contributed by atoms with Crippen molar-refractivity contribution in [3.05, 3.63) is 64.8 Å². The molecule has 3 aromatic rings. The summed E-state index contributed by atoms with van der Waals surface area (Å²) >= 11 is 3.36. The van der Waals surface area contributed by atoms with Crippen molar-refractivity contribution in [3.63, 3.8) is 0 Å². The van der Waals surface area contributed by atoms with Crippen LogP contribution < -0.4 is 10.1 Å². The standard InChI is InChI=1S/C18H16BrN3O2/c1-2-24-15-9-3-12(4-10-15)16-11-17(22-21-16)18(23)20-14-7-5-13(19)6-8-14/h3-11H,2H2,1H3,(H,20,23)(H,21,22). The maximum Gasteiger partial charge on any atom is 0.273 e. The summed E-state index contributed by atoms with van der Waals surface area (Å²) in [6.07, 6.45) is 0. The number of carbonyl (C=O) groups excluding carboxylic acids is 1. The minimum Gasteiger partial charge on any atom is -0.494 e. The second-order valence-electron chi connectivity index (χ2n) is 5.09. The number of rotatable bonds is 5. The molecule has 1 amide bonds. The van der Waals surface area contributed by atoms with Crippen LogP contribution >= 0.6 is 15.9 Å². The zero-order chi connectivity index (χ0) is 16.9. The third-order valence-electron chi connectivity index (χ3n) is 3.39. The number of aromatic nitrogens is 2. The number of ether oxygens (including phenoxy) is 1. The first-order valence-electron chi connectivity index (χ1n) is 7.51. The number of nitrogens with one attached hydrogen (secondary N) is 2. The molecule has 0 bridgehead atoms. The van der Waals surface area contributed by atoms with Gasteiger partial charge in [0.1, 0.15) is 11.4 Å². The van der Waals surface area contributed by atoms with Crippen LogP contribution in [0.15, 0.2) is 59.1 Å². The highest BCUT2D eigenvalue weighted by atomic mass is 79.9. The number of hydrogen-bond donors (Lipinski definition) is 2. The third-order valence-corrected chi connectivity index (χ3v) is 3.91. The lowest BCUT2D eigenvalue weighted by atomic mass is 10.1. The maximum absolute atomic E-state index is 12.3. The van der Waals surface area contributed by atoms with Crippen molar-refractivity contribution in [2.24, 2.45) is 0 Å². The van der Waals surface area contributed by atoms with Gasteiger partial charge in [0.25, 0.3) is 5.91 Å². The van der Waals surface area contributed by atoms with Crippen LogP contribution in [0.3, 0.4) is 0 Å². The van der Waals surface area contributed by atoms with Gasteiger partial charge in [-0.3, -0.25) is 9.89 Å². The lowest BCUT2D eigenvalue weighted by Gasteiger charge is -2.03. The van der Waals surface area contributed by atoms with E-state index in [2.05, 4.69) is 31.4 Å². The van der Waals surface area contributed by atoms with Gasteiger partial charge in [0.05, 0.1) is 12.3 Å². The van der Waals surface area contributed by atoms with E-state index in [-0.39, 0.29) is 5.91 Å². The fourth-order valence-electron chi connectivity index (χ4n) is 2.21. The van der Waals surface area contributed by atoms with Gasteiger partial charge in [0, 0.05) is 15.7 Å². The molecule has 0 saturated carbocycles. The van der Waals surface area contributed by atoms with E-state index in [1.54, 1.807) is 6.07 Å². The summed E-state index contributed by atoms with van der Waals surface area (Å²) in [5.41, 5.74) is 2.75. The Labute approximate surface area is 148 Å². The van der Waals surface area contributed by atoms with Gasteiger partial charge in [-0.1, -0.05) is 15.9 Å². The Morgan fingerprint density at radius 2 is 1.88 bits per heavy atom. The molecule has 2 aromatic carbocycles. The van der Waals surface area contributed by atoms with Gasteiger partial charge >= 0.3 is 0 Å². The van der Waals surface area contributed by atoms with Gasteiger partial charge in [-0.2, -0.15) is 5.10 Å². The highest BCUT2D eigenvalue weighted by molar-refractivity contribution is 9.10. The molecule has 3 rings (SSSR count). The van der Waals surface area contributed by atoms with E-state index in [0.717, 1.165) is 21.5 Å². The zero-order valence-corrected chi connectivity index (χ0v) is 14.6. The molecule has 0 aliphatic rings. The first-order chi connectivity index (χ1) is 11.7. The fraction of sp³-hybridized carbons (Fsp3) is 0.111. The van der Waals surface area contributed by atoms with Gasteiger partial charge in [0.15, 0.2) is 0 Å². The molecule has 1 aromatic heterocycles. The minimum atomic E-state index is -0.234. The monoisotopic (exact) mass is 385 g/mol. The Hall–Kier alpha value is -2.60. The molecule has 0 fully saturated rings. The molecule has 0 spiro atoms. The molecule has 24 heavy (non-hydrogen) atoms. The number of halogens is 1. The van der Waals surface area contributed by atoms with E-state index in [1.807, 2.05) is 55.5 Å². The first-order valence-corrected chi connectivity index (χ1v) is 8.30. The van der Waals surface area contributed by atoms with E-state index in [0.29, 0.717) is 18.0 Å². The number of anilines is 1. The van der Waals surface area contributed by atoms with Crippen molar-refractivity contribution in [1.29, 1.82) is 0 Å². The summed E-state index contributed by atoms with van der Waals surface area (Å²) < 4.78 is 6.38. The second-order valence-corrected chi connectivity index (χ2v) is 6.00. The molecule has 0 radical (unpaired) electrons. The van der Waals surface area contributed by atoms with Gasteiger partial charge in [-0.05, 0) is 61.5 Å². The first kappa shape index (κ1) is 16.3. The number of aromatic amines is 1. The third kappa shape index (κ3) is 3.83. The lowest BCUT2D eigenvalue weighted by Crippen LogP contribution is -2.12. The summed E-state index contributed by atoms with van der Waals surface area (Å²) in [7, 11) is 0. The van der Waals surface area contributed by atoms with E-state index < -0.39 is 0 Å². The van der Waals surface area contributed by atoms with Crippen LogP contribution in [-0.2, 0) is 0 Å². The van der Waals surface area contributed by atoms with Crippen LogP contribution in [0.2, 0.25) is 0 Å². The van der Waals surface area contributed by atoms with Crippen LogP contribution in [-0.4, -0.2) is 22.7 Å². The number of hydrogen-bond acceptors (Lipinski definition) is 3. The number of amides is 1. The molecular formula is C18H16BrN3O2. The number of H-pyrrole nitrogens is 1. The quantitative estimate of drug-likeness (QED) is 0.679. The number of carbonyl (C=O) groups is 1. The molecule has 0 aliphatic heterocycles. The Kier molecular flexibility index (Phi) is 4.96. The van der Waals surface area contributed by atoms with E-state index in [4.69, 9.17) is 4.74 Å². The van der Waals surface area contributed by atoms with Gasteiger partial charge in [-0.15, -0.1) is 0 Å². The maximum atomic E-state index is 12.3. The predicted molar refractivity (Wildman–Crippen MR) is 97.3 cm³/mol. The SMILES string of the molecule is CCOc1ccc(-c2cc(C(=O)Nc3ccc(Br)cc3)[nH]n2)cc1. The largest absolute Gasteiger partial charge is 0.494 e. The molecule has 5 nitrogen and oxygen atoms in total. The minimum absolute atomic E-state index is 0.234. The molecular weight excluding hydrogens is 370 g/mol. The van der Waals surface area contributed by atoms with Crippen molar-refractivity contribution in [3.8, 4) is 17.0 Å². The van der Waals surface area contributed by atoms with Crippen molar-refractivity contribution in [1.82, 2.24) is 10.2 Å². The highest BCUT2D eigenvalue weighted by Crippen LogP contribution is 2.22. The molecule has 0 saturated heterocycles. The molecule has 0 unspecified atom stereocenters.